The molecule has 0 spiro atoms. The van der Waals surface area contributed by atoms with Crippen molar-refractivity contribution in [1.82, 2.24) is 0 Å². The van der Waals surface area contributed by atoms with Gasteiger partial charge in [-0.05, 0) is 12.8 Å². The minimum absolute atomic E-state index is 0.0989. The number of hydrogen-bond acceptors (Lipinski definition) is 2. The normalized spacial score (nSPS) is 13.6. The molecule has 0 fully saturated rings. The van der Waals surface area contributed by atoms with E-state index >= 15 is 0 Å². The molecule has 0 amide bonds. The van der Waals surface area contributed by atoms with Crippen molar-refractivity contribution in [3.05, 3.63) is 0 Å². The Morgan fingerprint density at radius 3 is 2.00 bits per heavy atom. The molecule has 0 aromatic rings. The zero-order valence-corrected chi connectivity index (χ0v) is 9.00. The van der Waals surface area contributed by atoms with Crippen molar-refractivity contribution in [2.24, 2.45) is 5.92 Å². The highest BCUT2D eigenvalue weighted by molar-refractivity contribution is 4.60. The van der Waals surface area contributed by atoms with Gasteiger partial charge in [-0.1, -0.05) is 46.0 Å². The monoisotopic (exact) mass is 188 g/mol. The van der Waals surface area contributed by atoms with E-state index in [0.29, 0.717) is 0 Å². The lowest BCUT2D eigenvalue weighted by Crippen LogP contribution is -2.19. The third-order valence-corrected chi connectivity index (χ3v) is 2.51. The van der Waals surface area contributed by atoms with Crippen LogP contribution in [0.25, 0.3) is 0 Å². The van der Waals surface area contributed by atoms with Gasteiger partial charge >= 0.3 is 0 Å². The van der Waals surface area contributed by atoms with Crippen LogP contribution in [0.1, 0.15) is 58.8 Å². The van der Waals surface area contributed by atoms with Crippen molar-refractivity contribution in [3.8, 4) is 0 Å². The lowest BCUT2D eigenvalue weighted by molar-refractivity contribution is -0.0886. The molecule has 2 heteroatoms. The van der Waals surface area contributed by atoms with Crippen molar-refractivity contribution >= 4 is 0 Å². The second-order valence-electron chi connectivity index (χ2n) is 3.81. The largest absolute Gasteiger partial charge is 0.368 e. The van der Waals surface area contributed by atoms with Gasteiger partial charge in [0.05, 0.1) is 0 Å². The molecule has 0 aromatic heterocycles. The second kappa shape index (κ2) is 8.52. The van der Waals surface area contributed by atoms with Gasteiger partial charge in [0, 0.05) is 5.92 Å². The Kier molecular flexibility index (Phi) is 8.46. The molecule has 13 heavy (non-hydrogen) atoms. The van der Waals surface area contributed by atoms with Crippen LogP contribution < -0.4 is 0 Å². The predicted octanol–water partition coefficient (Wildman–Crippen LogP) is 2.68. The average Bonchev–Trinajstić information content (AvgIpc) is 2.10. The van der Waals surface area contributed by atoms with Gasteiger partial charge in [-0.25, -0.2) is 0 Å². The fourth-order valence-corrected chi connectivity index (χ4v) is 1.65. The molecule has 0 aliphatic rings. The Bertz CT molecular complexity index is 102. The highest BCUT2D eigenvalue weighted by atomic mass is 16.5. The minimum Gasteiger partial charge on any atom is -0.368 e. The first-order valence-electron chi connectivity index (χ1n) is 5.58. The van der Waals surface area contributed by atoms with Gasteiger partial charge < -0.3 is 10.2 Å². The molecule has 0 aromatic carbocycles. The number of aliphatic hydroxyl groups is 2. The fourth-order valence-electron chi connectivity index (χ4n) is 1.65. The van der Waals surface area contributed by atoms with Gasteiger partial charge in [-0.2, -0.15) is 0 Å². The maximum atomic E-state index is 9.06. The van der Waals surface area contributed by atoms with Crippen LogP contribution in [0, 0.1) is 5.92 Å². The molecular weight excluding hydrogens is 164 g/mol. The lowest BCUT2D eigenvalue weighted by atomic mass is 9.96. The van der Waals surface area contributed by atoms with Crippen LogP contribution in [0.3, 0.4) is 0 Å². The highest BCUT2D eigenvalue weighted by Gasteiger charge is 2.14. The quantitative estimate of drug-likeness (QED) is 0.454. The van der Waals surface area contributed by atoms with Gasteiger partial charge in [0.25, 0.3) is 0 Å². The van der Waals surface area contributed by atoms with E-state index in [2.05, 4.69) is 13.8 Å². The first-order valence-corrected chi connectivity index (χ1v) is 5.58. The van der Waals surface area contributed by atoms with Crippen molar-refractivity contribution in [2.75, 3.05) is 0 Å². The second-order valence-corrected chi connectivity index (χ2v) is 3.81. The maximum absolute atomic E-state index is 9.06. The third kappa shape index (κ3) is 7.03. The summed E-state index contributed by atoms with van der Waals surface area (Å²) in [7, 11) is 0. The van der Waals surface area contributed by atoms with Crippen LogP contribution in [-0.4, -0.2) is 16.5 Å². The van der Waals surface area contributed by atoms with Gasteiger partial charge in [-0.3, -0.25) is 0 Å². The van der Waals surface area contributed by atoms with E-state index in [-0.39, 0.29) is 5.92 Å². The zero-order chi connectivity index (χ0) is 10.1. The van der Waals surface area contributed by atoms with Crippen molar-refractivity contribution in [1.29, 1.82) is 0 Å². The third-order valence-electron chi connectivity index (χ3n) is 2.51. The SMILES string of the molecule is CCCCCCC(CCC)C(O)O. The van der Waals surface area contributed by atoms with Crippen LogP contribution in [0.2, 0.25) is 0 Å². The van der Waals surface area contributed by atoms with E-state index in [1.165, 1.54) is 19.3 Å². The van der Waals surface area contributed by atoms with Crippen LogP contribution >= 0.6 is 0 Å². The fraction of sp³-hybridized carbons (Fsp3) is 1.00. The molecule has 1 atom stereocenters. The predicted molar refractivity (Wildman–Crippen MR) is 55.4 cm³/mol. The Morgan fingerprint density at radius 2 is 1.54 bits per heavy atom. The van der Waals surface area contributed by atoms with Crippen molar-refractivity contribution < 1.29 is 10.2 Å². The maximum Gasteiger partial charge on any atom is 0.154 e. The van der Waals surface area contributed by atoms with E-state index in [9.17, 15) is 0 Å². The summed E-state index contributed by atoms with van der Waals surface area (Å²) in [5.41, 5.74) is 0. The molecule has 2 nitrogen and oxygen atoms in total. The van der Waals surface area contributed by atoms with Gasteiger partial charge in [0.2, 0.25) is 0 Å². The summed E-state index contributed by atoms with van der Waals surface area (Å²) < 4.78 is 0. The van der Waals surface area contributed by atoms with E-state index in [1.54, 1.807) is 0 Å². The number of unbranched alkanes of at least 4 members (excludes halogenated alkanes) is 3. The molecule has 0 saturated heterocycles. The summed E-state index contributed by atoms with van der Waals surface area (Å²) in [6.45, 7) is 4.27. The Balaban J connectivity index is 3.45. The molecule has 2 N–H and O–H groups in total. The average molecular weight is 188 g/mol. The van der Waals surface area contributed by atoms with Gasteiger partial charge in [0.15, 0.2) is 6.29 Å². The minimum atomic E-state index is -1.11. The summed E-state index contributed by atoms with van der Waals surface area (Å²) in [6.07, 6.45) is 6.69. The van der Waals surface area contributed by atoms with Crippen LogP contribution in [0.4, 0.5) is 0 Å². The van der Waals surface area contributed by atoms with Crippen LogP contribution in [0.15, 0.2) is 0 Å². The Morgan fingerprint density at radius 1 is 0.846 bits per heavy atom. The van der Waals surface area contributed by atoms with E-state index < -0.39 is 6.29 Å². The molecule has 0 aliphatic heterocycles. The molecule has 1 unspecified atom stereocenters. The smallest absolute Gasteiger partial charge is 0.154 e. The molecule has 80 valence electrons. The molecule has 0 bridgehead atoms. The van der Waals surface area contributed by atoms with E-state index in [1.807, 2.05) is 0 Å². The Labute approximate surface area is 82.0 Å². The highest BCUT2D eigenvalue weighted by Crippen LogP contribution is 2.18. The first kappa shape index (κ1) is 12.9. The molecule has 0 saturated carbocycles. The summed E-state index contributed by atoms with van der Waals surface area (Å²) >= 11 is 0. The standard InChI is InChI=1S/C11H24O2/c1-3-5-6-7-9-10(8-4-2)11(12)13/h10-13H,3-9H2,1-2H3. The molecule has 0 aliphatic carbocycles. The lowest BCUT2D eigenvalue weighted by Gasteiger charge is -2.17. The summed E-state index contributed by atoms with van der Waals surface area (Å²) in [5.74, 6) is 0.0989. The zero-order valence-electron chi connectivity index (χ0n) is 9.00. The van der Waals surface area contributed by atoms with Crippen LogP contribution in [-0.2, 0) is 0 Å². The number of aliphatic hydroxyl groups excluding tert-OH is 1. The summed E-state index contributed by atoms with van der Waals surface area (Å²) in [4.78, 5) is 0. The van der Waals surface area contributed by atoms with E-state index in [4.69, 9.17) is 10.2 Å². The van der Waals surface area contributed by atoms with Gasteiger partial charge in [-0.15, -0.1) is 0 Å². The van der Waals surface area contributed by atoms with Crippen molar-refractivity contribution in [2.45, 2.75) is 65.1 Å². The first-order chi connectivity index (χ1) is 6.22. The number of rotatable bonds is 8. The summed E-state index contributed by atoms with van der Waals surface area (Å²) in [5, 5.41) is 18.1. The van der Waals surface area contributed by atoms with Gasteiger partial charge in [0.1, 0.15) is 0 Å². The van der Waals surface area contributed by atoms with Crippen LogP contribution in [0.5, 0.6) is 0 Å². The van der Waals surface area contributed by atoms with Crippen molar-refractivity contribution in [3.63, 3.8) is 0 Å². The summed E-state index contributed by atoms with van der Waals surface area (Å²) in [6, 6.07) is 0. The molecular formula is C11H24O2. The number of hydrogen-bond donors (Lipinski definition) is 2. The molecule has 0 radical (unpaired) electrons. The molecule has 0 heterocycles. The van der Waals surface area contributed by atoms with E-state index in [0.717, 1.165) is 25.7 Å². The Hall–Kier alpha value is -0.0800. The molecule has 0 rings (SSSR count). The topological polar surface area (TPSA) is 40.5 Å².